The maximum Gasteiger partial charge on any atom is 0.243 e. The van der Waals surface area contributed by atoms with Gasteiger partial charge in [0, 0.05) is 50.3 Å². The number of likely N-dealkylation sites (N-methyl/N-ethyl adjacent to an activating group) is 1. The van der Waals surface area contributed by atoms with E-state index in [-0.39, 0.29) is 23.6 Å². The zero-order valence-electron chi connectivity index (χ0n) is 19.8. The summed E-state index contributed by atoms with van der Waals surface area (Å²) in [6, 6.07) is 13.7. The molecule has 0 saturated carbocycles. The number of nitrogens with one attached hydrogen (secondary N) is 1. The zero-order valence-corrected chi connectivity index (χ0v) is 20.6. The Hall–Kier alpha value is -3.28. The molecule has 11 heteroatoms. The molecule has 0 bridgehead atoms. The highest BCUT2D eigenvalue weighted by Crippen LogP contribution is 2.22. The summed E-state index contributed by atoms with van der Waals surface area (Å²) in [6.07, 6.45) is 0.371. The molecule has 0 spiro atoms. The minimum Gasteiger partial charge on any atom is -0.494 e. The third kappa shape index (κ3) is 6.24. The van der Waals surface area contributed by atoms with Crippen molar-refractivity contribution in [2.24, 2.45) is 0 Å². The lowest BCUT2D eigenvalue weighted by Crippen LogP contribution is -2.47. The average molecular weight is 500 g/mol. The van der Waals surface area contributed by atoms with Crippen molar-refractivity contribution in [3.63, 3.8) is 0 Å². The minimum atomic E-state index is -3.61. The molecule has 1 amide bonds. The van der Waals surface area contributed by atoms with Crippen LogP contribution in [0, 0.1) is 0 Å². The summed E-state index contributed by atoms with van der Waals surface area (Å²) in [4.78, 5) is 19.1. The van der Waals surface area contributed by atoms with E-state index >= 15 is 0 Å². The van der Waals surface area contributed by atoms with Crippen LogP contribution in [0.4, 0.5) is 5.69 Å². The molecule has 2 heterocycles. The highest BCUT2D eigenvalue weighted by atomic mass is 32.2. The first-order chi connectivity index (χ1) is 16.8. The number of nitrogens with zero attached hydrogens (tertiary/aromatic N) is 4. The molecule has 4 rings (SSSR count). The number of carbonyl (C=O) groups excluding carboxylic acids is 1. The van der Waals surface area contributed by atoms with E-state index in [2.05, 4.69) is 20.4 Å². The van der Waals surface area contributed by atoms with Crippen molar-refractivity contribution < 1.29 is 22.5 Å². The van der Waals surface area contributed by atoms with Crippen LogP contribution >= 0.6 is 0 Å². The molecule has 1 aromatic heterocycles. The number of rotatable bonds is 9. The lowest BCUT2D eigenvalue weighted by atomic mass is 10.2. The van der Waals surface area contributed by atoms with Gasteiger partial charge >= 0.3 is 0 Å². The third-order valence-corrected chi connectivity index (χ3v) is 7.57. The normalized spacial score (nSPS) is 15.1. The highest BCUT2D eigenvalue weighted by Gasteiger charge is 2.27. The van der Waals surface area contributed by atoms with E-state index in [0.29, 0.717) is 50.2 Å². The summed E-state index contributed by atoms with van der Waals surface area (Å²) in [6.45, 7) is 4.76. The van der Waals surface area contributed by atoms with Gasteiger partial charge in [-0.05, 0) is 56.4 Å². The third-order valence-electron chi connectivity index (χ3n) is 5.68. The van der Waals surface area contributed by atoms with E-state index in [1.54, 1.807) is 18.2 Å². The molecule has 0 atom stereocenters. The van der Waals surface area contributed by atoms with Gasteiger partial charge in [-0.15, -0.1) is 0 Å². The Morgan fingerprint density at radius 2 is 1.86 bits per heavy atom. The fourth-order valence-electron chi connectivity index (χ4n) is 3.70. The molecular formula is C24H29N5O5S. The summed E-state index contributed by atoms with van der Waals surface area (Å²) in [7, 11) is -1.65. The Labute approximate surface area is 204 Å². The topological polar surface area (TPSA) is 118 Å². The van der Waals surface area contributed by atoms with Gasteiger partial charge in [0.2, 0.25) is 27.6 Å². The van der Waals surface area contributed by atoms with E-state index in [4.69, 9.17) is 9.26 Å². The largest absolute Gasteiger partial charge is 0.494 e. The van der Waals surface area contributed by atoms with Gasteiger partial charge in [0.1, 0.15) is 5.75 Å². The number of hydrogen-bond donors (Lipinski definition) is 1. The molecule has 3 aromatic rings. The number of carbonyl (C=O) groups is 1. The maximum absolute atomic E-state index is 13.0. The van der Waals surface area contributed by atoms with Crippen LogP contribution in [0.3, 0.4) is 0 Å². The lowest BCUT2D eigenvalue weighted by Gasteiger charge is -2.31. The van der Waals surface area contributed by atoms with Crippen LogP contribution < -0.4 is 10.1 Å². The first-order valence-corrected chi connectivity index (χ1v) is 12.9. The van der Waals surface area contributed by atoms with E-state index in [1.165, 1.54) is 10.4 Å². The zero-order chi connectivity index (χ0) is 24.8. The Balaban J connectivity index is 1.33. The van der Waals surface area contributed by atoms with Crippen molar-refractivity contribution in [2.45, 2.75) is 24.7 Å². The first kappa shape index (κ1) is 24.8. The molecule has 0 aliphatic carbocycles. The van der Waals surface area contributed by atoms with Crippen molar-refractivity contribution in [3.8, 4) is 17.1 Å². The second-order valence-electron chi connectivity index (χ2n) is 8.25. The molecule has 1 aliphatic rings. The van der Waals surface area contributed by atoms with Crippen LogP contribution in [-0.4, -0.2) is 73.5 Å². The number of benzene rings is 2. The number of hydrogen-bond acceptors (Lipinski definition) is 8. The number of aromatic nitrogens is 2. The monoisotopic (exact) mass is 499 g/mol. The van der Waals surface area contributed by atoms with Gasteiger partial charge in [-0.1, -0.05) is 11.2 Å². The number of amides is 1. The highest BCUT2D eigenvalue weighted by molar-refractivity contribution is 7.89. The fraction of sp³-hybridized carbons (Fsp3) is 0.375. The number of piperazine rings is 1. The standard InChI is InChI=1S/C24H29N5O5S/c1-3-33-20-9-7-18(8-10-20)24-26-23(34-27-24)12-11-22(30)25-19-5-4-6-21(17-19)35(31,32)29-15-13-28(2)14-16-29/h4-10,17H,3,11-16H2,1-2H3,(H,25,30). The van der Waals surface area contributed by atoms with Crippen molar-refractivity contribution in [3.05, 3.63) is 54.4 Å². The summed E-state index contributed by atoms with van der Waals surface area (Å²) in [5, 5.41) is 6.74. The quantitative estimate of drug-likeness (QED) is 0.477. The number of sulfonamides is 1. The molecule has 35 heavy (non-hydrogen) atoms. The first-order valence-electron chi connectivity index (χ1n) is 11.5. The second kappa shape index (κ2) is 11.0. The maximum atomic E-state index is 13.0. The van der Waals surface area contributed by atoms with Crippen molar-refractivity contribution in [1.82, 2.24) is 19.3 Å². The SMILES string of the molecule is CCOc1ccc(-c2noc(CCC(=O)Nc3cccc(S(=O)(=O)N4CCN(C)CC4)c3)n2)cc1. The van der Waals surface area contributed by atoms with Gasteiger partial charge in [-0.2, -0.15) is 9.29 Å². The molecule has 1 N–H and O–H groups in total. The number of anilines is 1. The van der Waals surface area contributed by atoms with Crippen molar-refractivity contribution in [2.75, 3.05) is 45.2 Å². The smallest absolute Gasteiger partial charge is 0.243 e. The molecule has 1 saturated heterocycles. The summed E-state index contributed by atoms with van der Waals surface area (Å²) < 4.78 is 38.1. The molecular weight excluding hydrogens is 470 g/mol. The van der Waals surface area contributed by atoms with E-state index in [9.17, 15) is 13.2 Å². The van der Waals surface area contributed by atoms with Gasteiger partial charge in [0.05, 0.1) is 11.5 Å². The van der Waals surface area contributed by atoms with Crippen molar-refractivity contribution in [1.29, 1.82) is 0 Å². The molecule has 1 fully saturated rings. The predicted octanol–water partition coefficient (Wildman–Crippen LogP) is 2.64. The van der Waals surface area contributed by atoms with Crippen LogP contribution in [0.5, 0.6) is 5.75 Å². The fourth-order valence-corrected chi connectivity index (χ4v) is 5.16. The van der Waals surface area contributed by atoms with Gasteiger partial charge in [-0.3, -0.25) is 4.79 Å². The molecule has 10 nitrogen and oxygen atoms in total. The van der Waals surface area contributed by atoms with Gasteiger partial charge < -0.3 is 19.5 Å². The molecule has 186 valence electrons. The van der Waals surface area contributed by atoms with Gasteiger partial charge in [0.25, 0.3) is 0 Å². The molecule has 2 aromatic carbocycles. The lowest BCUT2D eigenvalue weighted by molar-refractivity contribution is -0.116. The van der Waals surface area contributed by atoms with Crippen LogP contribution in [0.2, 0.25) is 0 Å². The van der Waals surface area contributed by atoms with Crippen LogP contribution in [-0.2, 0) is 21.2 Å². The van der Waals surface area contributed by atoms with E-state index in [0.717, 1.165) is 11.3 Å². The minimum absolute atomic E-state index is 0.111. The number of ether oxygens (including phenoxy) is 1. The number of aryl methyl sites for hydroxylation is 1. The molecule has 1 aliphatic heterocycles. The molecule has 0 radical (unpaired) electrons. The van der Waals surface area contributed by atoms with E-state index in [1.807, 2.05) is 38.2 Å². The summed E-state index contributed by atoms with van der Waals surface area (Å²) in [5.41, 5.74) is 1.21. The van der Waals surface area contributed by atoms with Crippen LogP contribution in [0.15, 0.2) is 57.9 Å². The van der Waals surface area contributed by atoms with Gasteiger partial charge in [-0.25, -0.2) is 8.42 Å². The predicted molar refractivity (Wildman–Crippen MR) is 131 cm³/mol. The summed E-state index contributed by atoms with van der Waals surface area (Å²) in [5.74, 6) is 1.26. The van der Waals surface area contributed by atoms with Gasteiger partial charge in [0.15, 0.2) is 0 Å². The van der Waals surface area contributed by atoms with Crippen molar-refractivity contribution >= 4 is 21.6 Å². The average Bonchev–Trinajstić information content (AvgIpc) is 3.33. The van der Waals surface area contributed by atoms with Crippen LogP contribution in [0.1, 0.15) is 19.2 Å². The molecule has 0 unspecified atom stereocenters. The Morgan fingerprint density at radius 3 is 2.57 bits per heavy atom. The van der Waals surface area contributed by atoms with Crippen LogP contribution in [0.25, 0.3) is 11.4 Å². The second-order valence-corrected chi connectivity index (χ2v) is 10.2. The van der Waals surface area contributed by atoms with E-state index < -0.39 is 10.0 Å². The Kier molecular flexibility index (Phi) is 7.79. The summed E-state index contributed by atoms with van der Waals surface area (Å²) >= 11 is 0. The Bertz CT molecular complexity index is 1250. The Morgan fingerprint density at radius 1 is 1.11 bits per heavy atom.